The Hall–Kier alpha value is -0.0800. The zero-order valence-corrected chi connectivity index (χ0v) is 9.08. The van der Waals surface area contributed by atoms with E-state index < -0.39 is 0 Å². The van der Waals surface area contributed by atoms with Gasteiger partial charge in [0, 0.05) is 7.11 Å². The Labute approximate surface area is 81.6 Å². The molecule has 0 amide bonds. The van der Waals surface area contributed by atoms with Gasteiger partial charge in [-0.25, -0.2) is 0 Å². The van der Waals surface area contributed by atoms with Crippen LogP contribution in [0.5, 0.6) is 0 Å². The van der Waals surface area contributed by atoms with Crippen molar-refractivity contribution in [2.24, 2.45) is 11.8 Å². The van der Waals surface area contributed by atoms with Crippen molar-refractivity contribution < 1.29 is 9.47 Å². The maximum Gasteiger partial charge on any atom is 0.146 e. The Bertz CT molecular complexity index is 134. The third-order valence-corrected chi connectivity index (χ3v) is 3.01. The van der Waals surface area contributed by atoms with Gasteiger partial charge in [0.1, 0.15) is 6.79 Å². The Morgan fingerprint density at radius 1 is 1.23 bits per heavy atom. The van der Waals surface area contributed by atoms with Crippen LogP contribution in [0.1, 0.15) is 39.5 Å². The highest BCUT2D eigenvalue weighted by Gasteiger charge is 2.27. The second kappa shape index (κ2) is 5.61. The summed E-state index contributed by atoms with van der Waals surface area (Å²) in [5, 5.41) is 0. The minimum Gasteiger partial charge on any atom is -0.359 e. The van der Waals surface area contributed by atoms with Crippen molar-refractivity contribution in [3.63, 3.8) is 0 Å². The highest BCUT2D eigenvalue weighted by molar-refractivity contribution is 4.77. The zero-order valence-electron chi connectivity index (χ0n) is 9.08. The van der Waals surface area contributed by atoms with Crippen LogP contribution < -0.4 is 0 Å². The Balaban J connectivity index is 2.37. The predicted molar refractivity (Wildman–Crippen MR) is 53.5 cm³/mol. The Kier molecular flexibility index (Phi) is 4.74. The van der Waals surface area contributed by atoms with Crippen LogP contribution in [0.3, 0.4) is 0 Å². The molecule has 0 N–H and O–H groups in total. The van der Waals surface area contributed by atoms with E-state index in [1.807, 2.05) is 0 Å². The van der Waals surface area contributed by atoms with Gasteiger partial charge in [-0.1, -0.05) is 26.7 Å². The van der Waals surface area contributed by atoms with Crippen molar-refractivity contribution in [3.8, 4) is 0 Å². The molecule has 2 unspecified atom stereocenters. The standard InChI is InChI=1S/C11H22O2/c1-9(2)10-6-4-5-7-11(10)13-8-12-3/h9-11H,4-8H2,1-3H3. The fourth-order valence-electron chi connectivity index (χ4n) is 2.25. The number of hydrogen-bond acceptors (Lipinski definition) is 2. The van der Waals surface area contributed by atoms with Crippen LogP contribution in [0.2, 0.25) is 0 Å². The van der Waals surface area contributed by atoms with E-state index in [0.29, 0.717) is 12.9 Å². The van der Waals surface area contributed by atoms with Crippen LogP contribution in [0.25, 0.3) is 0 Å². The largest absolute Gasteiger partial charge is 0.359 e. The molecule has 0 saturated heterocycles. The van der Waals surface area contributed by atoms with Gasteiger partial charge in [-0.3, -0.25) is 0 Å². The molecule has 0 bridgehead atoms. The summed E-state index contributed by atoms with van der Waals surface area (Å²) < 4.78 is 10.6. The molecule has 0 radical (unpaired) electrons. The lowest BCUT2D eigenvalue weighted by atomic mass is 9.79. The van der Waals surface area contributed by atoms with E-state index in [1.165, 1.54) is 25.7 Å². The number of ether oxygens (including phenoxy) is 2. The van der Waals surface area contributed by atoms with Gasteiger partial charge in [0.25, 0.3) is 0 Å². The molecule has 1 saturated carbocycles. The van der Waals surface area contributed by atoms with Crippen LogP contribution in [-0.4, -0.2) is 20.0 Å². The summed E-state index contributed by atoms with van der Waals surface area (Å²) in [4.78, 5) is 0. The van der Waals surface area contributed by atoms with Gasteiger partial charge in [-0.2, -0.15) is 0 Å². The maximum absolute atomic E-state index is 5.68. The third-order valence-electron chi connectivity index (χ3n) is 3.01. The normalized spacial score (nSPS) is 29.5. The molecule has 1 aliphatic carbocycles. The van der Waals surface area contributed by atoms with Crippen LogP contribution in [0.15, 0.2) is 0 Å². The first kappa shape index (κ1) is 11.0. The lowest BCUT2D eigenvalue weighted by Gasteiger charge is -2.33. The number of methoxy groups -OCH3 is 1. The van der Waals surface area contributed by atoms with Crippen LogP contribution in [-0.2, 0) is 9.47 Å². The molecule has 0 aliphatic heterocycles. The molecule has 2 nitrogen and oxygen atoms in total. The summed E-state index contributed by atoms with van der Waals surface area (Å²) in [6.07, 6.45) is 5.67. The minimum atomic E-state index is 0.439. The minimum absolute atomic E-state index is 0.439. The van der Waals surface area contributed by atoms with Crippen molar-refractivity contribution >= 4 is 0 Å². The van der Waals surface area contributed by atoms with Gasteiger partial charge in [0.05, 0.1) is 6.10 Å². The smallest absolute Gasteiger partial charge is 0.146 e. The van der Waals surface area contributed by atoms with E-state index in [0.717, 1.165) is 11.8 Å². The highest BCUT2D eigenvalue weighted by atomic mass is 16.7. The third kappa shape index (κ3) is 3.28. The van der Waals surface area contributed by atoms with Crippen LogP contribution >= 0.6 is 0 Å². The summed E-state index contributed by atoms with van der Waals surface area (Å²) in [6, 6.07) is 0. The summed E-state index contributed by atoms with van der Waals surface area (Å²) in [7, 11) is 1.69. The average molecular weight is 186 g/mol. The molecular formula is C11H22O2. The van der Waals surface area contributed by atoms with Gasteiger partial charge in [-0.05, 0) is 24.7 Å². The Morgan fingerprint density at radius 3 is 2.54 bits per heavy atom. The Morgan fingerprint density at radius 2 is 1.92 bits per heavy atom. The van der Waals surface area contributed by atoms with Crippen LogP contribution in [0.4, 0.5) is 0 Å². The van der Waals surface area contributed by atoms with Gasteiger partial charge < -0.3 is 9.47 Å². The van der Waals surface area contributed by atoms with Crippen LogP contribution in [0, 0.1) is 11.8 Å². The van der Waals surface area contributed by atoms with Crippen molar-refractivity contribution in [2.75, 3.05) is 13.9 Å². The molecule has 1 fully saturated rings. The highest BCUT2D eigenvalue weighted by Crippen LogP contribution is 2.32. The zero-order chi connectivity index (χ0) is 9.68. The van der Waals surface area contributed by atoms with E-state index in [9.17, 15) is 0 Å². The van der Waals surface area contributed by atoms with Crippen molar-refractivity contribution in [1.29, 1.82) is 0 Å². The molecule has 0 aromatic heterocycles. The first-order valence-electron chi connectivity index (χ1n) is 5.36. The van der Waals surface area contributed by atoms with Crippen molar-refractivity contribution in [2.45, 2.75) is 45.6 Å². The molecule has 2 heteroatoms. The van der Waals surface area contributed by atoms with E-state index in [-0.39, 0.29) is 0 Å². The molecule has 0 heterocycles. The van der Waals surface area contributed by atoms with Gasteiger partial charge in [-0.15, -0.1) is 0 Å². The molecule has 0 aromatic carbocycles. The summed E-state index contributed by atoms with van der Waals surface area (Å²) in [5.74, 6) is 1.48. The first-order chi connectivity index (χ1) is 6.25. The second-order valence-corrected chi connectivity index (χ2v) is 4.30. The van der Waals surface area contributed by atoms with Gasteiger partial charge in [0.2, 0.25) is 0 Å². The monoisotopic (exact) mass is 186 g/mol. The van der Waals surface area contributed by atoms with E-state index in [4.69, 9.17) is 9.47 Å². The van der Waals surface area contributed by atoms with E-state index >= 15 is 0 Å². The lowest BCUT2D eigenvalue weighted by Crippen LogP contribution is -2.31. The second-order valence-electron chi connectivity index (χ2n) is 4.30. The lowest BCUT2D eigenvalue weighted by molar-refractivity contribution is -0.109. The molecule has 0 aromatic rings. The molecule has 1 rings (SSSR count). The van der Waals surface area contributed by atoms with Gasteiger partial charge in [0.15, 0.2) is 0 Å². The number of hydrogen-bond donors (Lipinski definition) is 0. The SMILES string of the molecule is COCOC1CCCCC1C(C)C. The first-order valence-corrected chi connectivity index (χ1v) is 5.36. The molecule has 1 aliphatic rings. The fraction of sp³-hybridized carbons (Fsp3) is 1.00. The fourth-order valence-corrected chi connectivity index (χ4v) is 2.25. The summed E-state index contributed by atoms with van der Waals surface area (Å²) >= 11 is 0. The average Bonchev–Trinajstić information content (AvgIpc) is 2.15. The van der Waals surface area contributed by atoms with Gasteiger partial charge >= 0.3 is 0 Å². The molecule has 78 valence electrons. The number of rotatable bonds is 4. The summed E-state index contributed by atoms with van der Waals surface area (Å²) in [6.45, 7) is 5.03. The summed E-state index contributed by atoms with van der Waals surface area (Å²) in [5.41, 5.74) is 0. The molecule has 13 heavy (non-hydrogen) atoms. The molecular weight excluding hydrogens is 164 g/mol. The molecule has 0 spiro atoms. The maximum atomic E-state index is 5.68. The quantitative estimate of drug-likeness (QED) is 0.628. The predicted octanol–water partition coefficient (Wildman–Crippen LogP) is 2.82. The van der Waals surface area contributed by atoms with E-state index in [2.05, 4.69) is 13.8 Å². The topological polar surface area (TPSA) is 18.5 Å². The van der Waals surface area contributed by atoms with Crippen molar-refractivity contribution in [3.05, 3.63) is 0 Å². The van der Waals surface area contributed by atoms with Crippen molar-refractivity contribution in [1.82, 2.24) is 0 Å². The van der Waals surface area contributed by atoms with E-state index in [1.54, 1.807) is 7.11 Å². The molecule has 2 atom stereocenters.